The molecule has 5 heteroatoms. The van der Waals surface area contributed by atoms with Gasteiger partial charge in [-0.3, -0.25) is 4.79 Å². The van der Waals surface area contributed by atoms with Crippen LogP contribution in [0.15, 0.2) is 29.2 Å². The lowest BCUT2D eigenvalue weighted by Gasteiger charge is -2.36. The molecule has 0 aromatic heterocycles. The van der Waals surface area contributed by atoms with Gasteiger partial charge in [0.1, 0.15) is 0 Å². The van der Waals surface area contributed by atoms with Crippen LogP contribution in [0.4, 0.5) is 0 Å². The number of amides is 1. The number of likely N-dealkylation sites (tertiary alicyclic amines) is 1. The number of benzene rings is 1. The summed E-state index contributed by atoms with van der Waals surface area (Å²) in [6.45, 7) is 9.93. The van der Waals surface area contributed by atoms with Crippen molar-refractivity contribution in [3.05, 3.63) is 29.8 Å². The summed E-state index contributed by atoms with van der Waals surface area (Å²) in [5, 5.41) is 12.1. The number of thioether (sulfide) groups is 1. The molecule has 3 atom stereocenters. The average molecular weight is 351 g/mol. The Bertz CT molecular complexity index is 528. The predicted octanol–water partition coefficient (Wildman–Crippen LogP) is 2.87. The average Bonchev–Trinajstić information content (AvgIpc) is 2.52. The summed E-state index contributed by atoms with van der Waals surface area (Å²) in [5.74, 6) is 2.03. The summed E-state index contributed by atoms with van der Waals surface area (Å²) < 4.78 is 0. The molecule has 4 nitrogen and oxygen atoms in total. The zero-order chi connectivity index (χ0) is 17.5. The number of carbonyl (C=O) groups excluding carboxylic acids is 1. The minimum atomic E-state index is -0.0263. The lowest BCUT2D eigenvalue weighted by molar-refractivity contribution is 0.0902. The van der Waals surface area contributed by atoms with Gasteiger partial charge >= 0.3 is 0 Å². The number of nitrogens with one attached hydrogen (secondary N) is 1. The Labute approximate surface area is 150 Å². The Morgan fingerprint density at radius 3 is 2.67 bits per heavy atom. The highest BCUT2D eigenvalue weighted by Gasteiger charge is 2.23. The zero-order valence-electron chi connectivity index (χ0n) is 15.0. The van der Waals surface area contributed by atoms with Gasteiger partial charge in [-0.05, 0) is 37.3 Å². The molecule has 1 aliphatic rings. The quantitative estimate of drug-likeness (QED) is 0.743. The van der Waals surface area contributed by atoms with Crippen molar-refractivity contribution in [1.29, 1.82) is 0 Å². The molecule has 24 heavy (non-hydrogen) atoms. The fraction of sp³-hybridized carbons (Fsp3) is 0.632. The van der Waals surface area contributed by atoms with Crippen LogP contribution in [0, 0.1) is 11.8 Å². The van der Waals surface area contributed by atoms with Gasteiger partial charge in [0.2, 0.25) is 0 Å². The highest BCUT2D eigenvalue weighted by Crippen LogP contribution is 2.23. The van der Waals surface area contributed by atoms with Crippen LogP contribution in [0.5, 0.6) is 0 Å². The molecule has 1 fully saturated rings. The van der Waals surface area contributed by atoms with Crippen LogP contribution in [-0.2, 0) is 0 Å². The molecule has 1 aromatic rings. The van der Waals surface area contributed by atoms with E-state index in [9.17, 15) is 4.79 Å². The number of rotatable bonds is 7. The predicted molar refractivity (Wildman–Crippen MR) is 101 cm³/mol. The van der Waals surface area contributed by atoms with Gasteiger partial charge < -0.3 is 15.3 Å². The third-order valence-electron chi connectivity index (χ3n) is 4.33. The zero-order valence-corrected chi connectivity index (χ0v) is 15.8. The first-order chi connectivity index (χ1) is 11.5. The largest absolute Gasteiger partial charge is 0.396 e. The normalized spacial score (nSPS) is 23.0. The number of hydrogen-bond acceptors (Lipinski definition) is 4. The number of aliphatic hydroxyl groups excluding tert-OH is 1. The number of piperidine rings is 1. The van der Waals surface area contributed by atoms with Gasteiger partial charge in [0, 0.05) is 36.3 Å². The summed E-state index contributed by atoms with van der Waals surface area (Å²) >= 11 is 1.52. The highest BCUT2D eigenvalue weighted by molar-refractivity contribution is 7.99. The molecule has 1 aliphatic heterocycles. The van der Waals surface area contributed by atoms with Crippen LogP contribution >= 0.6 is 11.8 Å². The summed E-state index contributed by atoms with van der Waals surface area (Å²) in [5.41, 5.74) is 0.697. The van der Waals surface area contributed by atoms with E-state index < -0.39 is 0 Å². The molecule has 134 valence electrons. The van der Waals surface area contributed by atoms with Crippen LogP contribution in [0.25, 0.3) is 0 Å². The van der Waals surface area contributed by atoms with Gasteiger partial charge in [-0.2, -0.15) is 0 Å². The number of aliphatic hydroxyl groups is 1. The van der Waals surface area contributed by atoms with Gasteiger partial charge in [0.05, 0.1) is 12.2 Å². The molecule has 0 saturated carbocycles. The second-order valence-corrected chi connectivity index (χ2v) is 8.24. The van der Waals surface area contributed by atoms with Crippen molar-refractivity contribution >= 4 is 17.7 Å². The molecular weight excluding hydrogens is 320 g/mol. The molecule has 0 aliphatic carbocycles. The molecule has 2 rings (SSSR count). The first kappa shape index (κ1) is 19.3. The first-order valence-corrected chi connectivity index (χ1v) is 9.84. The van der Waals surface area contributed by atoms with E-state index in [0.717, 1.165) is 36.4 Å². The molecule has 2 N–H and O–H groups in total. The van der Waals surface area contributed by atoms with E-state index in [0.29, 0.717) is 11.3 Å². The molecule has 1 amide bonds. The van der Waals surface area contributed by atoms with E-state index in [-0.39, 0.29) is 18.6 Å². The Hall–Kier alpha value is -1.04. The van der Waals surface area contributed by atoms with Crippen molar-refractivity contribution < 1.29 is 9.90 Å². The molecule has 1 heterocycles. The third-order valence-corrected chi connectivity index (χ3v) is 5.39. The first-order valence-electron chi connectivity index (χ1n) is 8.85. The van der Waals surface area contributed by atoms with Crippen LogP contribution in [0.1, 0.15) is 37.6 Å². The Kier molecular flexibility index (Phi) is 7.59. The summed E-state index contributed by atoms with van der Waals surface area (Å²) in [4.78, 5) is 16.0. The molecule has 0 radical (unpaired) electrons. The van der Waals surface area contributed by atoms with Crippen LogP contribution in [-0.4, -0.2) is 53.9 Å². The molecular formula is C19H30N2O2S. The van der Waals surface area contributed by atoms with Crippen molar-refractivity contribution in [1.82, 2.24) is 10.2 Å². The Morgan fingerprint density at radius 1 is 1.33 bits per heavy atom. The second-order valence-electron chi connectivity index (χ2n) is 7.11. The fourth-order valence-corrected chi connectivity index (χ4v) is 4.41. The maximum absolute atomic E-state index is 12.6. The van der Waals surface area contributed by atoms with Crippen LogP contribution in [0.3, 0.4) is 0 Å². The Balaban J connectivity index is 1.92. The lowest BCUT2D eigenvalue weighted by atomic mass is 9.92. The molecule has 0 unspecified atom stereocenters. The maximum Gasteiger partial charge on any atom is 0.252 e. The van der Waals surface area contributed by atoms with E-state index in [4.69, 9.17) is 5.11 Å². The van der Waals surface area contributed by atoms with Crippen molar-refractivity contribution in [2.75, 3.05) is 32.0 Å². The van der Waals surface area contributed by atoms with E-state index in [2.05, 4.69) is 31.0 Å². The van der Waals surface area contributed by atoms with Gasteiger partial charge in [-0.1, -0.05) is 26.0 Å². The number of nitrogens with zero attached hydrogens (tertiary/aromatic N) is 1. The van der Waals surface area contributed by atoms with Gasteiger partial charge in [0.25, 0.3) is 5.91 Å². The molecule has 0 bridgehead atoms. The SMILES string of the molecule is C[C@@H]1C[C@H](C)CN(C[C@H](C)NC(=O)c2ccccc2SCCO)C1. The Morgan fingerprint density at radius 2 is 2.00 bits per heavy atom. The van der Waals surface area contributed by atoms with E-state index >= 15 is 0 Å². The monoisotopic (exact) mass is 350 g/mol. The van der Waals surface area contributed by atoms with Crippen molar-refractivity contribution in [2.45, 2.75) is 38.1 Å². The molecule has 1 saturated heterocycles. The standard InChI is InChI=1S/C19H30N2O2S/c1-14-10-15(2)12-21(11-14)13-16(3)20-19(23)17-6-4-5-7-18(17)24-9-8-22/h4-7,14-16,22H,8-13H2,1-3H3,(H,20,23)/t14-,15+,16-/m0/s1. The maximum atomic E-state index is 12.6. The van der Waals surface area contributed by atoms with Gasteiger partial charge in [-0.15, -0.1) is 11.8 Å². The smallest absolute Gasteiger partial charge is 0.252 e. The molecule has 1 aromatic carbocycles. The van der Waals surface area contributed by atoms with E-state index in [1.807, 2.05) is 24.3 Å². The lowest BCUT2D eigenvalue weighted by Crippen LogP contribution is -2.47. The summed E-state index contributed by atoms with van der Waals surface area (Å²) in [7, 11) is 0. The van der Waals surface area contributed by atoms with Gasteiger partial charge in [-0.25, -0.2) is 0 Å². The highest BCUT2D eigenvalue weighted by atomic mass is 32.2. The molecule has 0 spiro atoms. The topological polar surface area (TPSA) is 52.6 Å². The van der Waals surface area contributed by atoms with E-state index in [1.165, 1.54) is 18.2 Å². The van der Waals surface area contributed by atoms with Gasteiger partial charge in [0.15, 0.2) is 0 Å². The minimum absolute atomic E-state index is 0.0263. The fourth-order valence-electron chi connectivity index (χ4n) is 3.61. The van der Waals surface area contributed by atoms with Crippen molar-refractivity contribution in [3.8, 4) is 0 Å². The minimum Gasteiger partial charge on any atom is -0.396 e. The van der Waals surface area contributed by atoms with Crippen LogP contribution < -0.4 is 5.32 Å². The van der Waals surface area contributed by atoms with Crippen LogP contribution in [0.2, 0.25) is 0 Å². The number of carbonyl (C=O) groups is 1. The number of hydrogen-bond donors (Lipinski definition) is 2. The van der Waals surface area contributed by atoms with Crippen molar-refractivity contribution in [2.24, 2.45) is 11.8 Å². The third kappa shape index (κ3) is 5.80. The summed E-state index contributed by atoms with van der Waals surface area (Å²) in [6, 6.07) is 7.72. The van der Waals surface area contributed by atoms with Crippen molar-refractivity contribution in [3.63, 3.8) is 0 Å². The summed E-state index contributed by atoms with van der Waals surface area (Å²) in [6.07, 6.45) is 1.30. The van der Waals surface area contributed by atoms with E-state index in [1.54, 1.807) is 0 Å². The second kappa shape index (κ2) is 9.44.